The Morgan fingerprint density at radius 1 is 1.06 bits per heavy atom. The summed E-state index contributed by atoms with van der Waals surface area (Å²) in [5.41, 5.74) is 5.81. The largest absolute Gasteiger partial charge is 0.330 e. The monoisotopic (exact) mass is 226 g/mol. The number of nitrogens with two attached hydrogens (primary N) is 1. The maximum absolute atomic E-state index is 5.81. The fourth-order valence-electron chi connectivity index (χ4n) is 2.57. The fraction of sp³-hybridized carbons (Fsp3) is 1.00. The third-order valence-electron chi connectivity index (χ3n) is 4.02. The second-order valence-corrected chi connectivity index (χ2v) is 5.69. The van der Waals surface area contributed by atoms with Crippen molar-refractivity contribution >= 4 is 0 Å². The lowest BCUT2D eigenvalue weighted by Crippen LogP contribution is -2.38. The second-order valence-electron chi connectivity index (χ2n) is 5.69. The molecule has 0 spiro atoms. The van der Waals surface area contributed by atoms with Gasteiger partial charge in [-0.15, -0.1) is 0 Å². The third-order valence-corrected chi connectivity index (χ3v) is 4.02. The van der Waals surface area contributed by atoms with E-state index in [9.17, 15) is 0 Å². The fourth-order valence-corrected chi connectivity index (χ4v) is 2.57. The van der Waals surface area contributed by atoms with Gasteiger partial charge in [-0.25, -0.2) is 0 Å². The summed E-state index contributed by atoms with van der Waals surface area (Å²) in [6.45, 7) is 6.48. The van der Waals surface area contributed by atoms with Crippen molar-refractivity contribution in [2.45, 2.75) is 64.8 Å². The lowest BCUT2D eigenvalue weighted by atomic mass is 9.93. The molecule has 3 N–H and O–H groups in total. The van der Waals surface area contributed by atoms with Crippen LogP contribution in [0.1, 0.15) is 58.8 Å². The average molecular weight is 226 g/mol. The zero-order valence-electron chi connectivity index (χ0n) is 11.2. The first kappa shape index (κ1) is 14.0. The Bertz CT molecular complexity index is 160. The molecule has 0 aliphatic heterocycles. The summed E-state index contributed by atoms with van der Waals surface area (Å²) in [6, 6.07) is 0.757. The van der Waals surface area contributed by atoms with E-state index >= 15 is 0 Å². The highest BCUT2D eigenvalue weighted by Gasteiger charge is 2.15. The molecule has 0 amide bonds. The van der Waals surface area contributed by atoms with Gasteiger partial charge < -0.3 is 11.1 Å². The second kappa shape index (κ2) is 8.08. The zero-order chi connectivity index (χ0) is 11.8. The van der Waals surface area contributed by atoms with E-state index in [1.807, 2.05) is 0 Å². The first-order valence-electron chi connectivity index (χ1n) is 7.17. The number of rotatable bonds is 5. The van der Waals surface area contributed by atoms with Gasteiger partial charge in [-0.2, -0.15) is 0 Å². The first-order chi connectivity index (χ1) is 7.74. The normalized spacial score (nSPS) is 21.8. The highest BCUT2D eigenvalue weighted by atomic mass is 14.9. The smallest absolute Gasteiger partial charge is 0.00671 e. The van der Waals surface area contributed by atoms with Gasteiger partial charge in [0, 0.05) is 6.04 Å². The van der Waals surface area contributed by atoms with Gasteiger partial charge in [0.15, 0.2) is 0 Å². The summed E-state index contributed by atoms with van der Waals surface area (Å²) in [7, 11) is 0. The van der Waals surface area contributed by atoms with Crippen molar-refractivity contribution in [2.24, 2.45) is 17.6 Å². The molecule has 0 aromatic rings. The minimum absolute atomic E-state index is 0.644. The van der Waals surface area contributed by atoms with Crippen LogP contribution in [0.4, 0.5) is 0 Å². The highest BCUT2D eigenvalue weighted by molar-refractivity contribution is 4.73. The molecule has 0 aromatic carbocycles. The summed E-state index contributed by atoms with van der Waals surface area (Å²) in [4.78, 5) is 0. The van der Waals surface area contributed by atoms with E-state index in [0.717, 1.165) is 19.1 Å². The van der Waals surface area contributed by atoms with Gasteiger partial charge >= 0.3 is 0 Å². The minimum atomic E-state index is 0.644. The van der Waals surface area contributed by atoms with Crippen LogP contribution in [0.2, 0.25) is 0 Å². The summed E-state index contributed by atoms with van der Waals surface area (Å²) < 4.78 is 0. The van der Waals surface area contributed by atoms with E-state index in [-0.39, 0.29) is 0 Å². The molecule has 1 aliphatic rings. The maximum Gasteiger partial charge on any atom is 0.00671 e. The number of nitrogens with one attached hydrogen (secondary N) is 1. The molecule has 0 aromatic heterocycles. The van der Waals surface area contributed by atoms with Gasteiger partial charge in [0.25, 0.3) is 0 Å². The molecule has 16 heavy (non-hydrogen) atoms. The standard InChI is InChI=1S/C14H30N2/c1-12(2)13(10-15)11-16-14-8-6-4-3-5-7-9-14/h12-14,16H,3-11,15H2,1-2H3. The molecule has 96 valence electrons. The van der Waals surface area contributed by atoms with Gasteiger partial charge in [-0.3, -0.25) is 0 Å². The molecule has 1 saturated carbocycles. The molecule has 1 aliphatic carbocycles. The van der Waals surface area contributed by atoms with Crippen molar-refractivity contribution < 1.29 is 0 Å². The summed E-state index contributed by atoms with van der Waals surface area (Å²) >= 11 is 0. The Morgan fingerprint density at radius 3 is 2.12 bits per heavy atom. The molecule has 2 nitrogen and oxygen atoms in total. The molecule has 0 saturated heterocycles. The van der Waals surface area contributed by atoms with Gasteiger partial charge in [0.2, 0.25) is 0 Å². The SMILES string of the molecule is CC(C)C(CN)CNC1CCCCCCC1. The quantitative estimate of drug-likeness (QED) is 0.756. The van der Waals surface area contributed by atoms with Crippen LogP contribution in [0.25, 0.3) is 0 Å². The lowest BCUT2D eigenvalue weighted by molar-refractivity contribution is 0.321. The molecule has 2 heteroatoms. The zero-order valence-corrected chi connectivity index (χ0v) is 11.2. The minimum Gasteiger partial charge on any atom is -0.330 e. The van der Waals surface area contributed by atoms with E-state index in [2.05, 4.69) is 19.2 Å². The van der Waals surface area contributed by atoms with Crippen LogP contribution in [0.3, 0.4) is 0 Å². The van der Waals surface area contributed by atoms with Crippen LogP contribution in [-0.2, 0) is 0 Å². The summed E-state index contributed by atoms with van der Waals surface area (Å²) in [6.07, 6.45) is 9.87. The van der Waals surface area contributed by atoms with Crippen LogP contribution >= 0.6 is 0 Å². The van der Waals surface area contributed by atoms with Gasteiger partial charge in [0.1, 0.15) is 0 Å². The van der Waals surface area contributed by atoms with Crippen molar-refractivity contribution in [2.75, 3.05) is 13.1 Å². The van der Waals surface area contributed by atoms with Crippen molar-refractivity contribution in [1.29, 1.82) is 0 Å². The van der Waals surface area contributed by atoms with Crippen molar-refractivity contribution in [3.8, 4) is 0 Å². The van der Waals surface area contributed by atoms with Gasteiger partial charge in [0.05, 0.1) is 0 Å². The number of hydrogen-bond donors (Lipinski definition) is 2. The highest BCUT2D eigenvalue weighted by Crippen LogP contribution is 2.17. The summed E-state index contributed by atoms with van der Waals surface area (Å²) in [5.74, 6) is 1.34. The van der Waals surface area contributed by atoms with Crippen molar-refractivity contribution in [1.82, 2.24) is 5.32 Å². The molecule has 1 unspecified atom stereocenters. The summed E-state index contributed by atoms with van der Waals surface area (Å²) in [5, 5.41) is 3.74. The van der Waals surface area contributed by atoms with Crippen LogP contribution in [0, 0.1) is 11.8 Å². The van der Waals surface area contributed by atoms with E-state index < -0.39 is 0 Å². The van der Waals surface area contributed by atoms with Crippen LogP contribution in [-0.4, -0.2) is 19.1 Å². The van der Waals surface area contributed by atoms with Crippen molar-refractivity contribution in [3.05, 3.63) is 0 Å². The van der Waals surface area contributed by atoms with Gasteiger partial charge in [-0.05, 0) is 37.8 Å². The predicted molar refractivity (Wildman–Crippen MR) is 71.5 cm³/mol. The first-order valence-corrected chi connectivity index (χ1v) is 7.17. The Kier molecular flexibility index (Phi) is 7.06. The molecular weight excluding hydrogens is 196 g/mol. The molecule has 1 fully saturated rings. The van der Waals surface area contributed by atoms with E-state index in [1.165, 1.54) is 44.9 Å². The number of hydrogen-bond acceptors (Lipinski definition) is 2. The maximum atomic E-state index is 5.81. The molecule has 1 rings (SSSR count). The van der Waals surface area contributed by atoms with E-state index in [1.54, 1.807) is 0 Å². The Labute approximate surface area is 101 Å². The van der Waals surface area contributed by atoms with E-state index in [4.69, 9.17) is 5.73 Å². The Balaban J connectivity index is 2.23. The predicted octanol–water partition coefficient (Wildman–Crippen LogP) is 2.92. The third kappa shape index (κ3) is 5.31. The molecule has 0 radical (unpaired) electrons. The van der Waals surface area contributed by atoms with Gasteiger partial charge in [-0.1, -0.05) is 46.0 Å². The Hall–Kier alpha value is -0.0800. The average Bonchev–Trinajstić information content (AvgIpc) is 2.20. The molecule has 0 bridgehead atoms. The molecule has 1 atom stereocenters. The van der Waals surface area contributed by atoms with E-state index in [0.29, 0.717) is 11.8 Å². The molecule has 0 heterocycles. The lowest BCUT2D eigenvalue weighted by Gasteiger charge is -2.25. The Morgan fingerprint density at radius 2 is 1.62 bits per heavy atom. The molecular formula is C14H30N2. The van der Waals surface area contributed by atoms with Crippen LogP contribution in [0.15, 0.2) is 0 Å². The van der Waals surface area contributed by atoms with Crippen LogP contribution < -0.4 is 11.1 Å². The van der Waals surface area contributed by atoms with Crippen molar-refractivity contribution in [3.63, 3.8) is 0 Å². The van der Waals surface area contributed by atoms with Crippen LogP contribution in [0.5, 0.6) is 0 Å². The topological polar surface area (TPSA) is 38.0 Å².